The van der Waals surface area contributed by atoms with Crippen molar-refractivity contribution in [1.82, 2.24) is 9.88 Å². The van der Waals surface area contributed by atoms with E-state index in [1.54, 1.807) is 11.3 Å². The van der Waals surface area contributed by atoms with Crippen molar-refractivity contribution in [3.05, 3.63) is 58.8 Å². The zero-order valence-corrected chi connectivity index (χ0v) is 18.8. The molecule has 4 rings (SSSR count). The third kappa shape index (κ3) is 5.35. The first-order valence-corrected chi connectivity index (χ1v) is 11.6. The van der Waals surface area contributed by atoms with Crippen molar-refractivity contribution in [3.63, 3.8) is 0 Å². The summed E-state index contributed by atoms with van der Waals surface area (Å²) >= 11 is 1.62. The molecule has 0 radical (unpaired) electrons. The molecule has 3 aromatic rings. The highest BCUT2D eigenvalue weighted by Gasteiger charge is 2.29. The maximum Gasteiger partial charge on any atom is 0.323 e. The van der Waals surface area contributed by atoms with Crippen LogP contribution >= 0.6 is 11.3 Å². The molecule has 0 aliphatic carbocycles. The fourth-order valence-electron chi connectivity index (χ4n) is 3.94. The van der Waals surface area contributed by atoms with E-state index >= 15 is 0 Å². The van der Waals surface area contributed by atoms with Crippen LogP contribution in [0.5, 0.6) is 5.75 Å². The molecule has 31 heavy (non-hydrogen) atoms. The molecule has 0 amide bonds. The van der Waals surface area contributed by atoms with Crippen LogP contribution in [0.4, 0.5) is 0 Å². The minimum Gasteiger partial charge on any atom is -0.493 e. The van der Waals surface area contributed by atoms with Crippen molar-refractivity contribution in [2.24, 2.45) is 0 Å². The lowest BCUT2D eigenvalue weighted by molar-refractivity contribution is -0.148. The van der Waals surface area contributed by atoms with E-state index in [1.165, 1.54) is 7.11 Å². The summed E-state index contributed by atoms with van der Waals surface area (Å²) < 4.78 is 16.7. The number of carbonyl (C=O) groups excluding carboxylic acids is 1. The van der Waals surface area contributed by atoms with Crippen LogP contribution in [0.25, 0.3) is 10.8 Å². The quantitative estimate of drug-likeness (QED) is 0.466. The number of nitrogens with zero attached hydrogens (tertiary/aromatic N) is 2. The van der Waals surface area contributed by atoms with E-state index < -0.39 is 0 Å². The molecule has 7 heteroatoms. The van der Waals surface area contributed by atoms with Crippen LogP contribution < -0.4 is 4.74 Å². The van der Waals surface area contributed by atoms with Gasteiger partial charge in [-0.15, -0.1) is 11.3 Å². The number of thiophene rings is 1. The van der Waals surface area contributed by atoms with Gasteiger partial charge in [-0.05, 0) is 55.5 Å². The van der Waals surface area contributed by atoms with Crippen LogP contribution in [0.1, 0.15) is 36.3 Å². The predicted molar refractivity (Wildman–Crippen MR) is 120 cm³/mol. The molecule has 1 unspecified atom stereocenters. The van der Waals surface area contributed by atoms with Crippen molar-refractivity contribution >= 4 is 17.3 Å². The number of rotatable bonds is 8. The molecule has 1 atom stereocenters. The number of hydrogen-bond donors (Lipinski definition) is 0. The van der Waals surface area contributed by atoms with Gasteiger partial charge in [-0.1, -0.05) is 24.6 Å². The van der Waals surface area contributed by atoms with Crippen LogP contribution in [-0.2, 0) is 22.5 Å². The number of oxazole rings is 1. The Bertz CT molecular complexity index is 982. The summed E-state index contributed by atoms with van der Waals surface area (Å²) in [5, 5.41) is 2.02. The number of carbonyl (C=O) groups is 1. The van der Waals surface area contributed by atoms with Crippen LogP contribution in [-0.4, -0.2) is 42.2 Å². The Kier molecular flexibility index (Phi) is 7.04. The number of piperidine rings is 1. The lowest BCUT2D eigenvalue weighted by Gasteiger charge is -2.33. The third-order valence-corrected chi connectivity index (χ3v) is 6.49. The average molecular weight is 441 g/mol. The number of hydrogen-bond acceptors (Lipinski definition) is 7. The van der Waals surface area contributed by atoms with Gasteiger partial charge in [-0.25, -0.2) is 4.98 Å². The second-order valence-corrected chi connectivity index (χ2v) is 8.69. The second kappa shape index (κ2) is 10.1. The van der Waals surface area contributed by atoms with Gasteiger partial charge in [0.1, 0.15) is 17.6 Å². The third-order valence-electron chi connectivity index (χ3n) is 5.63. The highest BCUT2D eigenvalue weighted by Crippen LogP contribution is 2.26. The molecule has 0 bridgehead atoms. The fourth-order valence-corrected chi connectivity index (χ4v) is 4.59. The first kappa shape index (κ1) is 21.6. The molecule has 1 aliphatic heterocycles. The zero-order chi connectivity index (χ0) is 21.6. The molecule has 3 heterocycles. The number of methoxy groups -OCH3 is 1. The molecule has 0 N–H and O–H groups in total. The number of ether oxygens (including phenoxy) is 2. The number of esters is 1. The van der Waals surface area contributed by atoms with Crippen molar-refractivity contribution in [3.8, 4) is 16.5 Å². The van der Waals surface area contributed by atoms with Crippen LogP contribution in [0.2, 0.25) is 0 Å². The molecule has 1 aromatic carbocycles. The largest absolute Gasteiger partial charge is 0.493 e. The van der Waals surface area contributed by atoms with Crippen LogP contribution in [0.15, 0.2) is 46.2 Å². The van der Waals surface area contributed by atoms with E-state index in [4.69, 9.17) is 13.9 Å². The van der Waals surface area contributed by atoms with E-state index in [2.05, 4.69) is 22.0 Å². The minimum absolute atomic E-state index is 0.134. The highest BCUT2D eigenvalue weighted by atomic mass is 32.1. The molecule has 1 saturated heterocycles. The SMILES string of the molecule is COC(=O)C1CCCCN1Cc1ccc(OCCc2nc(-c3cccs3)oc2C)cc1. The average Bonchev–Trinajstić information content (AvgIpc) is 3.45. The number of likely N-dealkylation sites (tertiary alicyclic amines) is 1. The highest BCUT2D eigenvalue weighted by molar-refractivity contribution is 7.13. The molecule has 1 aliphatic rings. The van der Waals surface area contributed by atoms with Crippen LogP contribution in [0, 0.1) is 6.92 Å². The monoisotopic (exact) mass is 440 g/mol. The Balaban J connectivity index is 1.29. The maximum absolute atomic E-state index is 12.1. The van der Waals surface area contributed by atoms with Gasteiger partial charge < -0.3 is 13.9 Å². The number of benzene rings is 1. The van der Waals surface area contributed by atoms with Crippen molar-refractivity contribution in [2.45, 2.75) is 45.2 Å². The lowest BCUT2D eigenvalue weighted by atomic mass is 10.0. The summed E-state index contributed by atoms with van der Waals surface area (Å²) in [5.74, 6) is 2.20. The number of aromatic nitrogens is 1. The van der Waals surface area contributed by atoms with E-state index in [9.17, 15) is 4.79 Å². The summed E-state index contributed by atoms with van der Waals surface area (Å²) in [7, 11) is 1.46. The van der Waals surface area contributed by atoms with Crippen molar-refractivity contribution < 1.29 is 18.7 Å². The first-order chi connectivity index (χ1) is 15.1. The Hall–Kier alpha value is -2.64. The summed E-state index contributed by atoms with van der Waals surface area (Å²) in [4.78, 5) is 19.9. The minimum atomic E-state index is -0.139. The van der Waals surface area contributed by atoms with Gasteiger partial charge >= 0.3 is 5.97 Å². The summed E-state index contributed by atoms with van der Waals surface area (Å²) in [6, 6.07) is 12.0. The Morgan fingerprint density at radius 2 is 2.10 bits per heavy atom. The van der Waals surface area contributed by atoms with E-state index in [0.29, 0.717) is 18.9 Å². The fraction of sp³-hybridized carbons (Fsp3) is 0.417. The van der Waals surface area contributed by atoms with E-state index in [0.717, 1.165) is 60.0 Å². The van der Waals surface area contributed by atoms with Gasteiger partial charge in [0.2, 0.25) is 5.89 Å². The standard InChI is InChI=1S/C24H28N2O4S/c1-17-20(25-23(30-17)22-7-5-15-31-22)12-14-29-19-10-8-18(9-11-19)16-26-13-4-3-6-21(26)24(27)28-2/h5,7-11,15,21H,3-4,6,12-14,16H2,1-2H3. The first-order valence-electron chi connectivity index (χ1n) is 10.7. The molecule has 0 spiro atoms. The molecule has 0 saturated carbocycles. The van der Waals surface area contributed by atoms with Gasteiger partial charge in [0.05, 0.1) is 24.3 Å². The van der Waals surface area contributed by atoms with Crippen LogP contribution in [0.3, 0.4) is 0 Å². The molecule has 6 nitrogen and oxygen atoms in total. The predicted octanol–water partition coefficient (Wildman–Crippen LogP) is 4.86. The van der Waals surface area contributed by atoms with Gasteiger partial charge in [0.15, 0.2) is 0 Å². The smallest absolute Gasteiger partial charge is 0.323 e. The normalized spacial score (nSPS) is 16.9. The molecule has 1 fully saturated rings. The Morgan fingerprint density at radius 1 is 1.26 bits per heavy atom. The summed E-state index contributed by atoms with van der Waals surface area (Å²) in [6.07, 6.45) is 3.74. The van der Waals surface area contributed by atoms with Gasteiger partial charge in [-0.3, -0.25) is 9.69 Å². The van der Waals surface area contributed by atoms with Crippen molar-refractivity contribution in [1.29, 1.82) is 0 Å². The molecular formula is C24H28N2O4S. The van der Waals surface area contributed by atoms with Gasteiger partial charge in [0, 0.05) is 13.0 Å². The maximum atomic E-state index is 12.1. The lowest BCUT2D eigenvalue weighted by Crippen LogP contribution is -2.44. The molecule has 164 valence electrons. The summed E-state index contributed by atoms with van der Waals surface area (Å²) in [6.45, 7) is 4.13. The van der Waals surface area contributed by atoms with Gasteiger partial charge in [0.25, 0.3) is 0 Å². The molecule has 2 aromatic heterocycles. The zero-order valence-electron chi connectivity index (χ0n) is 18.0. The second-order valence-electron chi connectivity index (χ2n) is 7.75. The van der Waals surface area contributed by atoms with Crippen molar-refractivity contribution in [2.75, 3.05) is 20.3 Å². The van der Waals surface area contributed by atoms with E-state index in [-0.39, 0.29) is 12.0 Å². The topological polar surface area (TPSA) is 64.8 Å². The molecular weight excluding hydrogens is 412 g/mol. The van der Waals surface area contributed by atoms with Gasteiger partial charge in [-0.2, -0.15) is 0 Å². The summed E-state index contributed by atoms with van der Waals surface area (Å²) in [5.41, 5.74) is 2.09. The Labute approximate surface area is 186 Å². The number of aryl methyl sites for hydroxylation is 1. The Morgan fingerprint density at radius 3 is 2.84 bits per heavy atom. The van der Waals surface area contributed by atoms with E-state index in [1.807, 2.05) is 36.6 Å².